The number of aliphatic carboxylic acids is 1. The number of allylic oxidation sites excluding steroid dienone is 1. The third-order valence-corrected chi connectivity index (χ3v) is 1.70. The molecule has 0 fully saturated rings. The van der Waals surface area contributed by atoms with E-state index < -0.39 is 5.97 Å². The van der Waals surface area contributed by atoms with Crippen molar-refractivity contribution in [3.63, 3.8) is 0 Å². The molecule has 64 valence electrons. The number of hydrogen-bond donors (Lipinski definition) is 2. The molecule has 0 aliphatic carbocycles. The fourth-order valence-corrected chi connectivity index (χ4v) is 1.01. The molecule has 3 heteroatoms. The summed E-state index contributed by atoms with van der Waals surface area (Å²) in [6, 6.07) is 0. The third kappa shape index (κ3) is 2.72. The number of carboxylic acids is 1. The monoisotopic (exact) mass is 158 g/mol. The first-order valence-corrected chi connectivity index (χ1v) is 3.72. The van der Waals surface area contributed by atoms with Gasteiger partial charge in [0.15, 0.2) is 0 Å². The van der Waals surface area contributed by atoms with Crippen LogP contribution < -0.4 is 0 Å². The molecule has 0 heterocycles. The van der Waals surface area contributed by atoms with Crippen LogP contribution in [0, 0.1) is 0 Å². The summed E-state index contributed by atoms with van der Waals surface area (Å²) in [5, 5.41) is 17.3. The predicted octanol–water partition coefficient (Wildman–Crippen LogP) is 1.18. The van der Waals surface area contributed by atoms with Crippen LogP contribution in [0.15, 0.2) is 11.1 Å². The van der Waals surface area contributed by atoms with Crippen molar-refractivity contribution in [2.45, 2.75) is 26.7 Å². The van der Waals surface area contributed by atoms with E-state index in [0.29, 0.717) is 12.8 Å². The van der Waals surface area contributed by atoms with Gasteiger partial charge >= 0.3 is 5.97 Å². The fraction of sp³-hybridized carbons (Fsp3) is 0.625. The van der Waals surface area contributed by atoms with Crippen molar-refractivity contribution in [2.24, 2.45) is 0 Å². The van der Waals surface area contributed by atoms with E-state index in [1.807, 2.05) is 13.8 Å². The molecule has 2 N–H and O–H groups in total. The molecule has 0 aromatic carbocycles. The summed E-state index contributed by atoms with van der Waals surface area (Å²) >= 11 is 0. The second-order valence-electron chi connectivity index (χ2n) is 2.25. The molecule has 0 aliphatic heterocycles. The minimum absolute atomic E-state index is 0.148. The van der Waals surface area contributed by atoms with E-state index in [1.165, 1.54) is 0 Å². The Morgan fingerprint density at radius 1 is 1.27 bits per heavy atom. The molecule has 0 aromatic rings. The van der Waals surface area contributed by atoms with Gasteiger partial charge in [-0.1, -0.05) is 19.4 Å². The molecule has 0 aromatic heterocycles. The maximum Gasteiger partial charge on any atom is 0.333 e. The van der Waals surface area contributed by atoms with E-state index in [9.17, 15) is 4.79 Å². The van der Waals surface area contributed by atoms with Crippen LogP contribution in [0.3, 0.4) is 0 Å². The molecule has 0 aliphatic rings. The molecule has 0 radical (unpaired) electrons. The number of carbonyl (C=O) groups is 1. The molecule has 0 rings (SSSR count). The Morgan fingerprint density at radius 3 is 1.82 bits per heavy atom. The van der Waals surface area contributed by atoms with Gasteiger partial charge in [-0.05, 0) is 12.8 Å². The number of hydrogen-bond acceptors (Lipinski definition) is 2. The lowest BCUT2D eigenvalue weighted by atomic mass is 10.0. The summed E-state index contributed by atoms with van der Waals surface area (Å²) < 4.78 is 0. The first-order chi connectivity index (χ1) is 5.17. The van der Waals surface area contributed by atoms with Gasteiger partial charge in [-0.2, -0.15) is 0 Å². The normalized spacial score (nSPS) is 9.36. The molecule has 0 amide bonds. The second-order valence-corrected chi connectivity index (χ2v) is 2.25. The largest absolute Gasteiger partial charge is 0.478 e. The smallest absolute Gasteiger partial charge is 0.333 e. The molecule has 11 heavy (non-hydrogen) atoms. The number of aliphatic hydroxyl groups excluding tert-OH is 1. The lowest BCUT2D eigenvalue weighted by molar-refractivity contribution is -0.133. The Morgan fingerprint density at radius 2 is 1.73 bits per heavy atom. The predicted molar refractivity (Wildman–Crippen MR) is 42.3 cm³/mol. The summed E-state index contributed by atoms with van der Waals surface area (Å²) in [5.74, 6) is -1.01. The Balaban J connectivity index is 4.62. The number of rotatable bonds is 4. The van der Waals surface area contributed by atoms with Crippen molar-refractivity contribution in [2.75, 3.05) is 6.61 Å². The average molecular weight is 158 g/mol. The topological polar surface area (TPSA) is 57.5 Å². The molecular weight excluding hydrogens is 144 g/mol. The lowest BCUT2D eigenvalue weighted by Gasteiger charge is -2.04. The highest BCUT2D eigenvalue weighted by Crippen LogP contribution is 2.12. The lowest BCUT2D eigenvalue weighted by Crippen LogP contribution is -2.08. The molecular formula is C8H14O3. The molecule has 0 saturated heterocycles. The van der Waals surface area contributed by atoms with E-state index in [4.69, 9.17) is 10.2 Å². The van der Waals surface area contributed by atoms with Gasteiger partial charge in [0.2, 0.25) is 0 Å². The maximum absolute atomic E-state index is 10.5. The quantitative estimate of drug-likeness (QED) is 0.604. The van der Waals surface area contributed by atoms with Crippen LogP contribution in [0.25, 0.3) is 0 Å². The van der Waals surface area contributed by atoms with E-state index in [2.05, 4.69) is 0 Å². The van der Waals surface area contributed by atoms with Crippen LogP contribution in [0.4, 0.5) is 0 Å². The van der Waals surface area contributed by atoms with E-state index in [-0.39, 0.29) is 12.2 Å². The van der Waals surface area contributed by atoms with E-state index >= 15 is 0 Å². The Bertz CT molecular complexity index is 164. The third-order valence-electron chi connectivity index (χ3n) is 1.70. The highest BCUT2D eigenvalue weighted by atomic mass is 16.4. The Labute approximate surface area is 66.4 Å². The zero-order valence-corrected chi connectivity index (χ0v) is 6.92. The molecule has 3 nitrogen and oxygen atoms in total. The van der Waals surface area contributed by atoms with Gasteiger partial charge in [0.25, 0.3) is 0 Å². The van der Waals surface area contributed by atoms with Gasteiger partial charge in [-0.3, -0.25) is 0 Å². The first-order valence-electron chi connectivity index (χ1n) is 3.72. The van der Waals surface area contributed by atoms with Crippen molar-refractivity contribution < 1.29 is 15.0 Å². The van der Waals surface area contributed by atoms with Crippen molar-refractivity contribution in [3.8, 4) is 0 Å². The van der Waals surface area contributed by atoms with Gasteiger partial charge in [-0.25, -0.2) is 4.79 Å². The van der Waals surface area contributed by atoms with Crippen LogP contribution >= 0.6 is 0 Å². The van der Waals surface area contributed by atoms with E-state index in [1.54, 1.807) is 0 Å². The summed E-state index contributed by atoms with van der Waals surface area (Å²) in [4.78, 5) is 10.5. The highest BCUT2D eigenvalue weighted by Gasteiger charge is 2.09. The summed E-state index contributed by atoms with van der Waals surface area (Å²) in [5.41, 5.74) is 0.968. The van der Waals surface area contributed by atoms with Crippen LogP contribution in [0.1, 0.15) is 26.7 Å². The van der Waals surface area contributed by atoms with Crippen molar-refractivity contribution in [1.82, 2.24) is 0 Å². The number of aliphatic hydroxyl groups is 1. The summed E-state index contributed by atoms with van der Waals surface area (Å²) in [6.07, 6.45) is 1.39. The molecule has 0 atom stereocenters. The van der Waals surface area contributed by atoms with Crippen molar-refractivity contribution in [3.05, 3.63) is 11.1 Å². The highest BCUT2D eigenvalue weighted by molar-refractivity contribution is 5.87. The zero-order chi connectivity index (χ0) is 8.85. The van der Waals surface area contributed by atoms with Crippen molar-refractivity contribution in [1.29, 1.82) is 0 Å². The Kier molecular flexibility index (Phi) is 4.54. The van der Waals surface area contributed by atoms with Crippen LogP contribution in [0.2, 0.25) is 0 Å². The van der Waals surface area contributed by atoms with Gasteiger partial charge in [0.1, 0.15) is 0 Å². The standard InChI is InChI=1S/C8H14O3/c1-3-6(4-2)7(5-9)8(10)11/h9H,3-5H2,1-2H3,(H,10,11). The maximum atomic E-state index is 10.5. The van der Waals surface area contributed by atoms with Gasteiger partial charge < -0.3 is 10.2 Å². The second kappa shape index (κ2) is 4.91. The van der Waals surface area contributed by atoms with Crippen LogP contribution in [-0.4, -0.2) is 22.8 Å². The molecule has 0 spiro atoms. The minimum Gasteiger partial charge on any atom is -0.478 e. The Hall–Kier alpha value is -0.830. The van der Waals surface area contributed by atoms with Crippen LogP contribution in [-0.2, 0) is 4.79 Å². The fourth-order valence-electron chi connectivity index (χ4n) is 1.01. The van der Waals surface area contributed by atoms with Crippen molar-refractivity contribution >= 4 is 5.97 Å². The molecule has 0 bridgehead atoms. The zero-order valence-electron chi connectivity index (χ0n) is 6.92. The minimum atomic E-state index is -1.01. The van der Waals surface area contributed by atoms with Crippen LogP contribution in [0.5, 0.6) is 0 Å². The van der Waals surface area contributed by atoms with Gasteiger partial charge in [-0.15, -0.1) is 0 Å². The molecule has 0 saturated carbocycles. The van der Waals surface area contributed by atoms with Gasteiger partial charge in [0, 0.05) is 0 Å². The summed E-state index contributed by atoms with van der Waals surface area (Å²) in [6.45, 7) is 3.40. The SMILES string of the molecule is CCC(CC)=C(CO)C(=O)O. The summed E-state index contributed by atoms with van der Waals surface area (Å²) in [7, 11) is 0. The first kappa shape index (κ1) is 10.2. The van der Waals surface area contributed by atoms with E-state index in [0.717, 1.165) is 5.57 Å². The molecule has 0 unspecified atom stereocenters. The van der Waals surface area contributed by atoms with Gasteiger partial charge in [0.05, 0.1) is 12.2 Å². The number of carboxylic acid groups (broad SMARTS) is 1. The average Bonchev–Trinajstić information content (AvgIpc) is 1.99.